The lowest BCUT2D eigenvalue weighted by molar-refractivity contribution is -0.117. The number of hydrogen-bond acceptors (Lipinski definition) is 3. The van der Waals surface area contributed by atoms with Gasteiger partial charge in [-0.1, -0.05) is 25.8 Å². The van der Waals surface area contributed by atoms with Crippen LogP contribution in [0.15, 0.2) is 18.2 Å². The maximum atomic E-state index is 12.1. The number of carbonyl (C=O) groups is 1. The van der Waals surface area contributed by atoms with Crippen molar-refractivity contribution >= 4 is 17.3 Å². The highest BCUT2D eigenvalue weighted by atomic mass is 16.2. The second kappa shape index (κ2) is 6.94. The number of anilines is 2. The summed E-state index contributed by atoms with van der Waals surface area (Å²) in [5.41, 5.74) is 8.38. The Morgan fingerprint density at radius 1 is 1.43 bits per heavy atom. The lowest BCUT2D eigenvalue weighted by Crippen LogP contribution is -2.40. The molecule has 1 fully saturated rings. The van der Waals surface area contributed by atoms with Crippen molar-refractivity contribution in [1.29, 1.82) is 0 Å². The summed E-state index contributed by atoms with van der Waals surface area (Å²) in [5.74, 6) is 0.796. The van der Waals surface area contributed by atoms with Gasteiger partial charge in [0.2, 0.25) is 5.91 Å². The monoisotopic (exact) mass is 289 g/mol. The number of aryl methyl sites for hydroxylation is 1. The maximum absolute atomic E-state index is 12.1. The molecule has 4 heteroatoms. The molecule has 1 aliphatic carbocycles. The van der Waals surface area contributed by atoms with Crippen LogP contribution in [0.2, 0.25) is 0 Å². The number of likely N-dealkylation sites (N-methyl/N-ethyl adjacent to an activating group) is 1. The molecule has 2 rings (SSSR count). The van der Waals surface area contributed by atoms with Gasteiger partial charge in [0.25, 0.3) is 0 Å². The standard InChI is InChI=1S/C17H27N3O/c1-12-5-4-6-15(9-12)20(3)11-17(21)19-14-8-7-13(2)16(18)10-14/h7-8,10,12,15H,4-6,9,11,18H2,1-3H3,(H,19,21). The second-order valence-electron chi connectivity index (χ2n) is 6.46. The fraction of sp³-hybridized carbons (Fsp3) is 0.588. The van der Waals surface area contributed by atoms with E-state index in [-0.39, 0.29) is 5.91 Å². The van der Waals surface area contributed by atoms with Gasteiger partial charge in [0.1, 0.15) is 0 Å². The molecule has 3 N–H and O–H groups in total. The number of nitrogens with two attached hydrogens (primary N) is 1. The molecule has 21 heavy (non-hydrogen) atoms. The van der Waals surface area contributed by atoms with E-state index in [0.717, 1.165) is 17.2 Å². The fourth-order valence-electron chi connectivity index (χ4n) is 3.08. The van der Waals surface area contributed by atoms with Crippen LogP contribution in [0.3, 0.4) is 0 Å². The Labute approximate surface area is 127 Å². The van der Waals surface area contributed by atoms with Gasteiger partial charge in [-0.05, 0) is 50.4 Å². The summed E-state index contributed by atoms with van der Waals surface area (Å²) >= 11 is 0. The van der Waals surface area contributed by atoms with Crippen LogP contribution >= 0.6 is 0 Å². The van der Waals surface area contributed by atoms with Gasteiger partial charge >= 0.3 is 0 Å². The molecule has 1 aromatic rings. The summed E-state index contributed by atoms with van der Waals surface area (Å²) in [6.45, 7) is 4.69. The summed E-state index contributed by atoms with van der Waals surface area (Å²) in [5, 5.41) is 2.93. The molecule has 1 aromatic carbocycles. The molecule has 1 amide bonds. The Morgan fingerprint density at radius 2 is 2.19 bits per heavy atom. The average molecular weight is 289 g/mol. The minimum atomic E-state index is 0.0268. The van der Waals surface area contributed by atoms with Gasteiger partial charge in [0.05, 0.1) is 6.54 Å². The quantitative estimate of drug-likeness (QED) is 0.838. The van der Waals surface area contributed by atoms with Crippen LogP contribution < -0.4 is 11.1 Å². The van der Waals surface area contributed by atoms with Crippen LogP contribution in [0.5, 0.6) is 0 Å². The highest BCUT2D eigenvalue weighted by molar-refractivity contribution is 5.92. The molecule has 1 saturated carbocycles. The smallest absolute Gasteiger partial charge is 0.238 e. The van der Waals surface area contributed by atoms with E-state index in [1.165, 1.54) is 25.7 Å². The molecule has 0 aliphatic heterocycles. The topological polar surface area (TPSA) is 58.4 Å². The van der Waals surface area contributed by atoms with Gasteiger partial charge in [0, 0.05) is 17.4 Å². The van der Waals surface area contributed by atoms with Crippen LogP contribution in [-0.2, 0) is 4.79 Å². The highest BCUT2D eigenvalue weighted by Gasteiger charge is 2.23. The molecular weight excluding hydrogens is 262 g/mol. The van der Waals surface area contributed by atoms with E-state index < -0.39 is 0 Å². The molecule has 0 heterocycles. The molecule has 2 unspecified atom stereocenters. The second-order valence-corrected chi connectivity index (χ2v) is 6.46. The average Bonchev–Trinajstić information content (AvgIpc) is 2.43. The van der Waals surface area contributed by atoms with Crippen molar-refractivity contribution in [3.63, 3.8) is 0 Å². The first-order valence-corrected chi connectivity index (χ1v) is 7.82. The van der Waals surface area contributed by atoms with Crippen molar-refractivity contribution in [1.82, 2.24) is 4.90 Å². The van der Waals surface area contributed by atoms with Crippen LogP contribution in [0, 0.1) is 12.8 Å². The van der Waals surface area contributed by atoms with E-state index in [0.29, 0.717) is 18.3 Å². The van der Waals surface area contributed by atoms with Crippen LogP contribution in [0.1, 0.15) is 38.2 Å². The third-order valence-corrected chi connectivity index (χ3v) is 4.49. The van der Waals surface area contributed by atoms with E-state index in [9.17, 15) is 4.79 Å². The van der Waals surface area contributed by atoms with Crippen LogP contribution in [0.4, 0.5) is 11.4 Å². The molecule has 0 saturated heterocycles. The number of hydrogen-bond donors (Lipinski definition) is 2. The first kappa shape index (κ1) is 15.8. The molecule has 116 valence electrons. The molecule has 0 spiro atoms. The fourth-order valence-corrected chi connectivity index (χ4v) is 3.08. The third-order valence-electron chi connectivity index (χ3n) is 4.49. The van der Waals surface area contributed by atoms with Crippen molar-refractivity contribution in [2.24, 2.45) is 5.92 Å². The zero-order valence-electron chi connectivity index (χ0n) is 13.4. The summed E-state index contributed by atoms with van der Waals surface area (Å²) in [7, 11) is 2.05. The van der Waals surface area contributed by atoms with Crippen LogP contribution in [-0.4, -0.2) is 30.4 Å². The van der Waals surface area contributed by atoms with E-state index >= 15 is 0 Å². The summed E-state index contributed by atoms with van der Waals surface area (Å²) in [6.07, 6.45) is 4.98. The van der Waals surface area contributed by atoms with Gasteiger partial charge in [-0.3, -0.25) is 9.69 Å². The lowest BCUT2D eigenvalue weighted by atomic mass is 9.86. The Hall–Kier alpha value is -1.55. The Kier molecular flexibility index (Phi) is 5.23. The van der Waals surface area contributed by atoms with Crippen molar-refractivity contribution in [2.75, 3.05) is 24.6 Å². The predicted molar refractivity (Wildman–Crippen MR) is 88.3 cm³/mol. The van der Waals surface area contributed by atoms with Gasteiger partial charge in [0.15, 0.2) is 0 Å². The van der Waals surface area contributed by atoms with E-state index in [1.54, 1.807) is 0 Å². The van der Waals surface area contributed by atoms with E-state index in [1.807, 2.05) is 32.2 Å². The molecule has 0 aromatic heterocycles. The molecule has 0 radical (unpaired) electrons. The number of amides is 1. The van der Waals surface area contributed by atoms with E-state index in [4.69, 9.17) is 5.73 Å². The van der Waals surface area contributed by atoms with Crippen LogP contribution in [0.25, 0.3) is 0 Å². The van der Waals surface area contributed by atoms with Gasteiger partial charge in [-0.25, -0.2) is 0 Å². The predicted octanol–water partition coefficient (Wildman–Crippen LogP) is 3.03. The zero-order chi connectivity index (χ0) is 15.4. The normalized spacial score (nSPS) is 22.3. The minimum absolute atomic E-state index is 0.0268. The minimum Gasteiger partial charge on any atom is -0.398 e. The van der Waals surface area contributed by atoms with Gasteiger partial charge in [-0.15, -0.1) is 0 Å². The number of nitrogen functional groups attached to an aromatic ring is 1. The Bertz CT molecular complexity index is 501. The van der Waals surface area contributed by atoms with E-state index in [2.05, 4.69) is 17.1 Å². The molecular formula is C17H27N3O. The number of nitrogens with one attached hydrogen (secondary N) is 1. The summed E-state index contributed by atoms with van der Waals surface area (Å²) < 4.78 is 0. The maximum Gasteiger partial charge on any atom is 0.238 e. The number of rotatable bonds is 4. The molecule has 0 bridgehead atoms. The lowest BCUT2D eigenvalue weighted by Gasteiger charge is -2.33. The van der Waals surface area contributed by atoms with Crippen molar-refractivity contribution in [3.05, 3.63) is 23.8 Å². The molecule has 4 nitrogen and oxygen atoms in total. The van der Waals surface area contributed by atoms with Crippen molar-refractivity contribution < 1.29 is 4.79 Å². The number of nitrogens with zero attached hydrogens (tertiary/aromatic N) is 1. The van der Waals surface area contributed by atoms with Gasteiger partial charge < -0.3 is 11.1 Å². The number of benzene rings is 1. The zero-order valence-corrected chi connectivity index (χ0v) is 13.4. The van der Waals surface area contributed by atoms with Crippen molar-refractivity contribution in [2.45, 2.75) is 45.6 Å². The Balaban J connectivity index is 1.87. The summed E-state index contributed by atoms with van der Waals surface area (Å²) in [4.78, 5) is 14.3. The molecule has 2 atom stereocenters. The SMILES string of the molecule is Cc1ccc(NC(=O)CN(C)C2CCCC(C)C2)cc1N. The molecule has 1 aliphatic rings. The van der Waals surface area contributed by atoms with Gasteiger partial charge in [-0.2, -0.15) is 0 Å². The van der Waals surface area contributed by atoms with Crippen molar-refractivity contribution in [3.8, 4) is 0 Å². The third kappa shape index (κ3) is 4.46. The highest BCUT2D eigenvalue weighted by Crippen LogP contribution is 2.26. The largest absolute Gasteiger partial charge is 0.398 e. The number of carbonyl (C=O) groups excluding carboxylic acids is 1. The summed E-state index contributed by atoms with van der Waals surface area (Å²) in [6, 6.07) is 6.17. The Morgan fingerprint density at radius 3 is 2.86 bits per heavy atom. The first-order chi connectivity index (χ1) is 9.95. The first-order valence-electron chi connectivity index (χ1n) is 7.82.